The topological polar surface area (TPSA) is 24.5 Å². The Kier molecular flexibility index (Phi) is 5.19. The third kappa shape index (κ3) is 3.60. The molecule has 1 aliphatic rings. The lowest BCUT2D eigenvalue weighted by Crippen LogP contribution is -2.45. The zero-order chi connectivity index (χ0) is 14.7. The maximum absolute atomic E-state index is 5.81. The van der Waals surface area contributed by atoms with Crippen LogP contribution in [0.25, 0.3) is 0 Å². The second-order valence-corrected chi connectivity index (χ2v) is 6.12. The number of hydrogen-bond donors (Lipinski definition) is 1. The third-order valence-electron chi connectivity index (χ3n) is 4.31. The minimum Gasteiger partial charge on any atom is -0.374 e. The highest BCUT2D eigenvalue weighted by Crippen LogP contribution is 2.27. The minimum absolute atomic E-state index is 0.308. The first-order valence-corrected chi connectivity index (χ1v) is 7.59. The molecule has 0 amide bonds. The van der Waals surface area contributed by atoms with Crippen LogP contribution in [0.5, 0.6) is 0 Å². The van der Waals surface area contributed by atoms with Gasteiger partial charge in [-0.3, -0.25) is 4.90 Å². The number of hydrogen-bond acceptors (Lipinski definition) is 3. The molecule has 1 aromatic carbocycles. The molecule has 0 aromatic heterocycles. The molecule has 0 radical (unpaired) electrons. The van der Waals surface area contributed by atoms with Crippen LogP contribution in [0.3, 0.4) is 0 Å². The van der Waals surface area contributed by atoms with Crippen molar-refractivity contribution < 1.29 is 4.74 Å². The first kappa shape index (κ1) is 15.5. The van der Waals surface area contributed by atoms with E-state index in [2.05, 4.69) is 57.1 Å². The van der Waals surface area contributed by atoms with E-state index >= 15 is 0 Å². The monoisotopic (exact) mass is 276 g/mol. The highest BCUT2D eigenvalue weighted by molar-refractivity contribution is 5.39. The van der Waals surface area contributed by atoms with E-state index in [9.17, 15) is 0 Å². The van der Waals surface area contributed by atoms with Crippen LogP contribution in [0, 0.1) is 20.8 Å². The predicted molar refractivity (Wildman–Crippen MR) is 84.3 cm³/mol. The SMILES string of the molecule is Cc1cc(C)c(C(C)N(C)CC2CNCCO2)c(C)c1. The van der Waals surface area contributed by atoms with E-state index in [1.54, 1.807) is 0 Å². The zero-order valence-corrected chi connectivity index (χ0v) is 13.5. The third-order valence-corrected chi connectivity index (χ3v) is 4.31. The number of ether oxygens (including phenoxy) is 1. The summed E-state index contributed by atoms with van der Waals surface area (Å²) in [7, 11) is 2.20. The van der Waals surface area contributed by atoms with E-state index in [4.69, 9.17) is 4.74 Å². The van der Waals surface area contributed by atoms with E-state index in [1.165, 1.54) is 22.3 Å². The number of nitrogens with one attached hydrogen (secondary N) is 1. The molecule has 1 saturated heterocycles. The van der Waals surface area contributed by atoms with Gasteiger partial charge in [-0.15, -0.1) is 0 Å². The fourth-order valence-electron chi connectivity index (χ4n) is 3.29. The summed E-state index contributed by atoms with van der Waals surface area (Å²) in [5, 5.41) is 3.40. The highest BCUT2D eigenvalue weighted by atomic mass is 16.5. The molecule has 1 heterocycles. The lowest BCUT2D eigenvalue weighted by Gasteiger charge is -2.33. The lowest BCUT2D eigenvalue weighted by atomic mass is 9.94. The Morgan fingerprint density at radius 3 is 2.50 bits per heavy atom. The molecule has 1 fully saturated rings. The van der Waals surface area contributed by atoms with Crippen molar-refractivity contribution in [3.8, 4) is 0 Å². The van der Waals surface area contributed by atoms with Gasteiger partial charge < -0.3 is 10.1 Å². The van der Waals surface area contributed by atoms with Gasteiger partial charge in [0, 0.05) is 25.7 Å². The Morgan fingerprint density at radius 1 is 1.30 bits per heavy atom. The summed E-state index contributed by atoms with van der Waals surface area (Å²) in [4.78, 5) is 2.41. The fourth-order valence-corrected chi connectivity index (χ4v) is 3.29. The Bertz CT molecular complexity index is 429. The summed E-state index contributed by atoms with van der Waals surface area (Å²) in [5.74, 6) is 0. The molecular formula is C17H28N2O. The normalized spacial score (nSPS) is 21.2. The molecular weight excluding hydrogens is 248 g/mol. The van der Waals surface area contributed by atoms with E-state index in [-0.39, 0.29) is 0 Å². The lowest BCUT2D eigenvalue weighted by molar-refractivity contribution is 0.00385. The molecule has 0 spiro atoms. The van der Waals surface area contributed by atoms with Crippen molar-refractivity contribution in [2.45, 2.75) is 39.8 Å². The number of morpholine rings is 1. The van der Waals surface area contributed by atoms with Crippen LogP contribution in [0.2, 0.25) is 0 Å². The summed E-state index contributed by atoms with van der Waals surface area (Å²) in [6.07, 6.45) is 0.308. The standard InChI is InChI=1S/C17H28N2O/c1-12-8-13(2)17(14(3)9-12)15(4)19(5)11-16-10-18-6-7-20-16/h8-9,15-16,18H,6-7,10-11H2,1-5H3. The van der Waals surface area contributed by atoms with Crippen molar-refractivity contribution in [2.75, 3.05) is 33.3 Å². The predicted octanol–water partition coefficient (Wildman–Crippen LogP) is 2.59. The summed E-state index contributed by atoms with van der Waals surface area (Å²) in [5.41, 5.74) is 5.59. The quantitative estimate of drug-likeness (QED) is 0.915. The van der Waals surface area contributed by atoms with Gasteiger partial charge in [0.05, 0.1) is 12.7 Å². The molecule has 0 bridgehead atoms. The number of benzene rings is 1. The minimum atomic E-state index is 0.308. The van der Waals surface area contributed by atoms with Gasteiger partial charge in [-0.1, -0.05) is 17.7 Å². The number of likely N-dealkylation sites (N-methyl/N-ethyl adjacent to an activating group) is 1. The second kappa shape index (κ2) is 6.70. The van der Waals surface area contributed by atoms with Crippen LogP contribution in [-0.4, -0.2) is 44.3 Å². The van der Waals surface area contributed by atoms with Gasteiger partial charge in [-0.25, -0.2) is 0 Å². The maximum Gasteiger partial charge on any atom is 0.0826 e. The van der Waals surface area contributed by atoms with Gasteiger partial charge in [0.1, 0.15) is 0 Å². The maximum atomic E-state index is 5.81. The van der Waals surface area contributed by atoms with Crippen LogP contribution < -0.4 is 5.32 Å². The summed E-state index contributed by atoms with van der Waals surface area (Å²) < 4.78 is 5.81. The number of rotatable bonds is 4. The molecule has 1 N–H and O–H groups in total. The van der Waals surface area contributed by atoms with E-state index in [1.807, 2.05) is 0 Å². The number of aryl methyl sites for hydroxylation is 3. The van der Waals surface area contributed by atoms with Crippen LogP contribution in [0.15, 0.2) is 12.1 Å². The zero-order valence-electron chi connectivity index (χ0n) is 13.5. The van der Waals surface area contributed by atoms with Crippen molar-refractivity contribution in [1.82, 2.24) is 10.2 Å². The summed E-state index contributed by atoms with van der Waals surface area (Å²) in [6, 6.07) is 4.98. The Balaban J connectivity index is 2.08. The summed E-state index contributed by atoms with van der Waals surface area (Å²) >= 11 is 0. The highest BCUT2D eigenvalue weighted by Gasteiger charge is 2.21. The van der Waals surface area contributed by atoms with Crippen LogP contribution in [0.4, 0.5) is 0 Å². The first-order valence-electron chi connectivity index (χ1n) is 7.59. The Hall–Kier alpha value is -0.900. The van der Waals surface area contributed by atoms with E-state index < -0.39 is 0 Å². The van der Waals surface area contributed by atoms with Crippen molar-refractivity contribution in [3.63, 3.8) is 0 Å². The van der Waals surface area contributed by atoms with Gasteiger partial charge in [0.25, 0.3) is 0 Å². The van der Waals surface area contributed by atoms with Crippen molar-refractivity contribution >= 4 is 0 Å². The molecule has 2 rings (SSSR count). The van der Waals surface area contributed by atoms with Crippen molar-refractivity contribution in [1.29, 1.82) is 0 Å². The molecule has 0 aliphatic carbocycles. The van der Waals surface area contributed by atoms with Crippen molar-refractivity contribution in [2.24, 2.45) is 0 Å². The van der Waals surface area contributed by atoms with Crippen LogP contribution in [-0.2, 0) is 4.74 Å². The van der Waals surface area contributed by atoms with Gasteiger partial charge in [0.15, 0.2) is 0 Å². The van der Waals surface area contributed by atoms with Gasteiger partial charge in [-0.2, -0.15) is 0 Å². The molecule has 2 atom stereocenters. The molecule has 112 valence electrons. The molecule has 2 unspecified atom stereocenters. The number of nitrogens with zero attached hydrogens (tertiary/aromatic N) is 1. The second-order valence-electron chi connectivity index (χ2n) is 6.12. The van der Waals surface area contributed by atoms with Gasteiger partial charge >= 0.3 is 0 Å². The molecule has 1 aliphatic heterocycles. The first-order chi connectivity index (χ1) is 9.49. The largest absolute Gasteiger partial charge is 0.374 e. The van der Waals surface area contributed by atoms with Crippen LogP contribution >= 0.6 is 0 Å². The van der Waals surface area contributed by atoms with Gasteiger partial charge in [-0.05, 0) is 51.4 Å². The van der Waals surface area contributed by atoms with E-state index in [0.717, 1.165) is 26.2 Å². The molecule has 0 saturated carbocycles. The average molecular weight is 276 g/mol. The fraction of sp³-hybridized carbons (Fsp3) is 0.647. The van der Waals surface area contributed by atoms with E-state index in [0.29, 0.717) is 12.1 Å². The Morgan fingerprint density at radius 2 is 1.95 bits per heavy atom. The van der Waals surface area contributed by atoms with Gasteiger partial charge in [0.2, 0.25) is 0 Å². The Labute approximate surface area is 123 Å². The molecule has 3 heteroatoms. The molecule has 20 heavy (non-hydrogen) atoms. The molecule has 1 aromatic rings. The van der Waals surface area contributed by atoms with Crippen molar-refractivity contribution in [3.05, 3.63) is 34.4 Å². The average Bonchev–Trinajstić information content (AvgIpc) is 2.38. The molecule has 3 nitrogen and oxygen atoms in total. The van der Waals surface area contributed by atoms with Crippen LogP contribution in [0.1, 0.15) is 35.2 Å². The smallest absolute Gasteiger partial charge is 0.0826 e. The summed E-state index contributed by atoms with van der Waals surface area (Å²) in [6.45, 7) is 12.6.